The highest BCUT2D eigenvalue weighted by molar-refractivity contribution is 7.97. The first-order valence-electron chi connectivity index (χ1n) is 5.40. The lowest BCUT2D eigenvalue weighted by Gasteiger charge is -2.05. The van der Waals surface area contributed by atoms with Crippen LogP contribution >= 0.6 is 11.8 Å². The Morgan fingerprint density at radius 2 is 2.12 bits per heavy atom. The fourth-order valence-corrected chi connectivity index (χ4v) is 1.94. The number of rotatable bonds is 5. The third-order valence-electron chi connectivity index (χ3n) is 2.37. The van der Waals surface area contributed by atoms with Gasteiger partial charge < -0.3 is 10.3 Å². The van der Waals surface area contributed by atoms with Crippen molar-refractivity contribution in [2.24, 2.45) is 5.73 Å². The van der Waals surface area contributed by atoms with Crippen molar-refractivity contribution in [2.75, 3.05) is 6.26 Å². The summed E-state index contributed by atoms with van der Waals surface area (Å²) < 4.78 is 5.15. The second-order valence-electron chi connectivity index (χ2n) is 3.78. The largest absolute Gasteiger partial charge is 0.338 e. The van der Waals surface area contributed by atoms with Gasteiger partial charge in [0.05, 0.1) is 11.8 Å². The highest BCUT2D eigenvalue weighted by Gasteiger charge is 2.14. The van der Waals surface area contributed by atoms with Gasteiger partial charge in [0.1, 0.15) is 0 Å². The standard InChI is InChI=1S/C12H15N3OS/c1-17-8-11-14-12(16-15-11)10(13)7-9-5-3-2-4-6-9/h2-6,10H,7-8,13H2,1H3/t10-/m1/s1. The summed E-state index contributed by atoms with van der Waals surface area (Å²) in [6.45, 7) is 0. The van der Waals surface area contributed by atoms with Crippen LogP contribution in [-0.4, -0.2) is 16.4 Å². The van der Waals surface area contributed by atoms with Gasteiger partial charge in [0.15, 0.2) is 5.82 Å². The molecule has 0 aliphatic heterocycles. The molecule has 90 valence electrons. The highest BCUT2D eigenvalue weighted by atomic mass is 32.2. The minimum absolute atomic E-state index is 0.236. The van der Waals surface area contributed by atoms with Crippen LogP contribution in [0.4, 0.5) is 0 Å². The molecule has 4 nitrogen and oxygen atoms in total. The molecular formula is C12H15N3OS. The van der Waals surface area contributed by atoms with Crippen LogP contribution in [0.2, 0.25) is 0 Å². The van der Waals surface area contributed by atoms with Crippen LogP contribution in [-0.2, 0) is 12.2 Å². The maximum absolute atomic E-state index is 6.03. The highest BCUT2D eigenvalue weighted by Crippen LogP contribution is 2.15. The van der Waals surface area contributed by atoms with E-state index in [9.17, 15) is 0 Å². The smallest absolute Gasteiger partial charge is 0.243 e. The average Bonchev–Trinajstić information content (AvgIpc) is 2.79. The molecule has 0 unspecified atom stereocenters. The van der Waals surface area contributed by atoms with Gasteiger partial charge in [-0.1, -0.05) is 35.5 Å². The molecule has 17 heavy (non-hydrogen) atoms. The molecule has 0 saturated heterocycles. The van der Waals surface area contributed by atoms with Gasteiger partial charge in [0.2, 0.25) is 5.89 Å². The maximum atomic E-state index is 6.03. The Morgan fingerprint density at radius 1 is 1.35 bits per heavy atom. The molecule has 1 aromatic carbocycles. The number of nitrogens with two attached hydrogens (primary N) is 1. The summed E-state index contributed by atoms with van der Waals surface area (Å²) in [7, 11) is 0. The van der Waals surface area contributed by atoms with Crippen LogP contribution < -0.4 is 5.73 Å². The molecular weight excluding hydrogens is 234 g/mol. The lowest BCUT2D eigenvalue weighted by Crippen LogP contribution is -2.13. The Morgan fingerprint density at radius 3 is 2.82 bits per heavy atom. The molecule has 2 rings (SSSR count). The van der Waals surface area contributed by atoms with Crippen molar-refractivity contribution in [2.45, 2.75) is 18.2 Å². The van der Waals surface area contributed by atoms with Crippen LogP contribution in [0.25, 0.3) is 0 Å². The molecule has 0 bridgehead atoms. The number of hydrogen-bond acceptors (Lipinski definition) is 5. The monoisotopic (exact) mass is 249 g/mol. The minimum Gasteiger partial charge on any atom is -0.338 e. The van der Waals surface area contributed by atoms with Gasteiger partial charge >= 0.3 is 0 Å². The summed E-state index contributed by atoms with van der Waals surface area (Å²) in [6, 6.07) is 9.82. The molecule has 2 N–H and O–H groups in total. The van der Waals surface area contributed by atoms with Crippen LogP contribution in [0, 0.1) is 0 Å². The predicted octanol–water partition coefficient (Wildman–Crippen LogP) is 2.18. The van der Waals surface area contributed by atoms with Crippen molar-refractivity contribution in [3.8, 4) is 0 Å². The Labute approximate surface area is 105 Å². The Hall–Kier alpha value is -1.33. The number of nitrogens with zero attached hydrogens (tertiary/aromatic N) is 2. The predicted molar refractivity (Wildman–Crippen MR) is 68.6 cm³/mol. The normalized spacial score (nSPS) is 12.6. The summed E-state index contributed by atoms with van der Waals surface area (Å²) in [5, 5.41) is 3.88. The number of thioether (sulfide) groups is 1. The number of hydrogen-bond donors (Lipinski definition) is 1. The van der Waals surface area contributed by atoms with E-state index in [1.807, 2.05) is 36.6 Å². The van der Waals surface area contributed by atoms with E-state index in [2.05, 4.69) is 10.1 Å². The van der Waals surface area contributed by atoms with Gasteiger partial charge in [-0.3, -0.25) is 0 Å². The topological polar surface area (TPSA) is 64.9 Å². The maximum Gasteiger partial charge on any atom is 0.243 e. The molecule has 1 atom stereocenters. The van der Waals surface area contributed by atoms with Crippen molar-refractivity contribution >= 4 is 11.8 Å². The molecule has 5 heteroatoms. The van der Waals surface area contributed by atoms with Crippen LogP contribution in [0.15, 0.2) is 34.9 Å². The molecule has 0 aliphatic rings. The molecule has 0 spiro atoms. The van der Waals surface area contributed by atoms with E-state index in [-0.39, 0.29) is 6.04 Å². The molecule has 0 aliphatic carbocycles. The SMILES string of the molecule is CSCc1noc([C@H](N)Cc2ccccc2)n1. The first-order valence-corrected chi connectivity index (χ1v) is 6.80. The van der Waals surface area contributed by atoms with Crippen molar-refractivity contribution in [1.29, 1.82) is 0 Å². The van der Waals surface area contributed by atoms with Crippen molar-refractivity contribution < 1.29 is 4.52 Å². The van der Waals surface area contributed by atoms with Crippen molar-refractivity contribution in [3.05, 3.63) is 47.6 Å². The molecule has 0 radical (unpaired) electrons. The van der Waals surface area contributed by atoms with E-state index < -0.39 is 0 Å². The van der Waals surface area contributed by atoms with E-state index in [4.69, 9.17) is 10.3 Å². The molecule has 2 aromatic rings. The summed E-state index contributed by atoms with van der Waals surface area (Å²) in [6.07, 6.45) is 2.71. The quantitative estimate of drug-likeness (QED) is 0.879. The van der Waals surface area contributed by atoms with Gasteiger partial charge in [0.25, 0.3) is 0 Å². The fourth-order valence-electron chi connectivity index (χ4n) is 1.56. The van der Waals surface area contributed by atoms with Crippen LogP contribution in [0.3, 0.4) is 0 Å². The third kappa shape index (κ3) is 3.31. The van der Waals surface area contributed by atoms with E-state index in [0.717, 1.165) is 5.75 Å². The zero-order valence-corrected chi connectivity index (χ0v) is 10.5. The Bertz CT molecular complexity index is 458. The zero-order chi connectivity index (χ0) is 12.1. The van der Waals surface area contributed by atoms with Gasteiger partial charge in [-0.15, -0.1) is 0 Å². The number of aromatic nitrogens is 2. The Kier molecular flexibility index (Phi) is 4.17. The Balaban J connectivity index is 2.01. The molecule has 0 fully saturated rings. The van der Waals surface area contributed by atoms with Crippen LogP contribution in [0.5, 0.6) is 0 Å². The second kappa shape index (κ2) is 5.84. The summed E-state index contributed by atoms with van der Waals surface area (Å²) in [4.78, 5) is 4.27. The lowest BCUT2D eigenvalue weighted by molar-refractivity contribution is 0.351. The van der Waals surface area contributed by atoms with E-state index >= 15 is 0 Å². The van der Waals surface area contributed by atoms with Crippen molar-refractivity contribution in [1.82, 2.24) is 10.1 Å². The fraction of sp³-hybridized carbons (Fsp3) is 0.333. The van der Waals surface area contributed by atoms with Gasteiger partial charge in [0, 0.05) is 0 Å². The third-order valence-corrected chi connectivity index (χ3v) is 2.92. The van der Waals surface area contributed by atoms with Crippen LogP contribution in [0.1, 0.15) is 23.3 Å². The summed E-state index contributed by atoms with van der Waals surface area (Å²) in [5.41, 5.74) is 7.20. The molecule has 1 heterocycles. The van der Waals surface area contributed by atoms with Gasteiger partial charge in [-0.2, -0.15) is 16.7 Å². The van der Waals surface area contributed by atoms with Gasteiger partial charge in [-0.05, 0) is 18.2 Å². The molecule has 0 amide bonds. The van der Waals surface area contributed by atoms with E-state index in [1.54, 1.807) is 11.8 Å². The van der Waals surface area contributed by atoms with E-state index in [0.29, 0.717) is 18.1 Å². The van der Waals surface area contributed by atoms with Gasteiger partial charge in [-0.25, -0.2) is 0 Å². The minimum atomic E-state index is -0.236. The lowest BCUT2D eigenvalue weighted by atomic mass is 10.1. The second-order valence-corrected chi connectivity index (χ2v) is 4.64. The molecule has 0 saturated carbocycles. The first-order chi connectivity index (χ1) is 8.29. The average molecular weight is 249 g/mol. The zero-order valence-electron chi connectivity index (χ0n) is 9.67. The molecule has 1 aromatic heterocycles. The van der Waals surface area contributed by atoms with Crippen molar-refractivity contribution in [3.63, 3.8) is 0 Å². The van der Waals surface area contributed by atoms with E-state index in [1.165, 1.54) is 5.56 Å². The number of benzene rings is 1. The first kappa shape index (κ1) is 12.1. The summed E-state index contributed by atoms with van der Waals surface area (Å²) >= 11 is 1.66. The summed E-state index contributed by atoms with van der Waals surface area (Å²) in [5.74, 6) is 1.97.